The third-order valence-corrected chi connectivity index (χ3v) is 5.71. The lowest BCUT2D eigenvalue weighted by Gasteiger charge is -2.28. The Morgan fingerprint density at radius 2 is 1.45 bits per heavy atom. The van der Waals surface area contributed by atoms with Crippen molar-refractivity contribution in [3.05, 3.63) is 99.6 Å². The van der Waals surface area contributed by atoms with Crippen molar-refractivity contribution >= 4 is 11.8 Å². The van der Waals surface area contributed by atoms with Crippen molar-refractivity contribution in [3.8, 4) is 5.75 Å². The molecule has 0 fully saturated rings. The minimum atomic E-state index is -2.21. The van der Waals surface area contributed by atoms with Gasteiger partial charge in [-0.1, -0.05) is 30.3 Å². The molecule has 1 atom stereocenters. The van der Waals surface area contributed by atoms with E-state index in [0.717, 1.165) is 17.3 Å². The van der Waals surface area contributed by atoms with E-state index >= 15 is 0 Å². The maximum absolute atomic E-state index is 14.0. The van der Waals surface area contributed by atoms with Gasteiger partial charge in [-0.2, -0.15) is 11.8 Å². The van der Waals surface area contributed by atoms with E-state index in [4.69, 9.17) is 9.47 Å². The number of benzene rings is 3. The number of thioether (sulfide) groups is 1. The Balaban J connectivity index is 1.55. The lowest BCUT2D eigenvalue weighted by Crippen LogP contribution is -2.19. The number of halogens is 6. The Kier molecular flexibility index (Phi) is 6.15. The van der Waals surface area contributed by atoms with Crippen molar-refractivity contribution in [2.45, 2.75) is 24.4 Å². The van der Waals surface area contributed by atoms with Gasteiger partial charge in [0.2, 0.25) is 12.1 Å². The highest BCUT2D eigenvalue weighted by atomic mass is 32.2. The molecule has 0 amide bonds. The molecule has 162 valence electrons. The first-order valence-electron chi connectivity index (χ1n) is 9.09. The molecule has 0 aromatic heterocycles. The van der Waals surface area contributed by atoms with Crippen LogP contribution in [0.25, 0.3) is 0 Å². The summed E-state index contributed by atoms with van der Waals surface area (Å²) in [6, 6.07) is 11.5. The number of rotatable bonds is 5. The fourth-order valence-corrected chi connectivity index (χ4v) is 4.19. The van der Waals surface area contributed by atoms with E-state index in [2.05, 4.69) is 0 Å². The maximum atomic E-state index is 14.0. The summed E-state index contributed by atoms with van der Waals surface area (Å²) in [6.07, 6.45) is -0.724. The van der Waals surface area contributed by atoms with Crippen LogP contribution in [0.15, 0.2) is 42.5 Å². The molecule has 2 nitrogen and oxygen atoms in total. The van der Waals surface area contributed by atoms with Crippen LogP contribution >= 0.6 is 11.8 Å². The lowest BCUT2D eigenvalue weighted by atomic mass is 10.1. The normalized spacial score (nSPS) is 15.5. The average molecular weight is 456 g/mol. The van der Waals surface area contributed by atoms with Gasteiger partial charge in [-0.15, -0.1) is 0 Å². The predicted octanol–water partition coefficient (Wildman–Crippen LogP) is 6.56. The molecular weight excluding hydrogens is 442 g/mol. The molecule has 0 radical (unpaired) electrons. The third kappa shape index (κ3) is 4.24. The topological polar surface area (TPSA) is 18.5 Å². The van der Waals surface area contributed by atoms with Crippen LogP contribution in [0.5, 0.6) is 5.75 Å². The molecule has 0 bridgehead atoms. The Hall–Kier alpha value is -2.65. The second kappa shape index (κ2) is 8.84. The Bertz CT molecular complexity index is 1090. The van der Waals surface area contributed by atoms with Crippen molar-refractivity contribution in [1.82, 2.24) is 0 Å². The molecule has 3 aromatic carbocycles. The van der Waals surface area contributed by atoms with Crippen molar-refractivity contribution < 1.29 is 35.8 Å². The van der Waals surface area contributed by atoms with Gasteiger partial charge in [0.05, 0.1) is 6.61 Å². The van der Waals surface area contributed by atoms with E-state index in [0.29, 0.717) is 16.9 Å². The van der Waals surface area contributed by atoms with Gasteiger partial charge in [-0.3, -0.25) is 0 Å². The first-order chi connectivity index (χ1) is 14.9. The smallest absolute Gasteiger partial charge is 0.227 e. The van der Waals surface area contributed by atoms with Crippen LogP contribution in [0.2, 0.25) is 0 Å². The zero-order valence-electron chi connectivity index (χ0n) is 15.7. The molecule has 0 aliphatic carbocycles. The molecule has 31 heavy (non-hydrogen) atoms. The van der Waals surface area contributed by atoms with Gasteiger partial charge in [0.1, 0.15) is 11.6 Å². The monoisotopic (exact) mass is 456 g/mol. The van der Waals surface area contributed by atoms with Crippen LogP contribution in [0.4, 0.5) is 26.3 Å². The molecule has 1 aliphatic rings. The van der Waals surface area contributed by atoms with Gasteiger partial charge in [-0.25, -0.2) is 26.3 Å². The largest absolute Gasteiger partial charge is 0.460 e. The van der Waals surface area contributed by atoms with Crippen LogP contribution in [0, 0.1) is 34.9 Å². The second-order valence-electron chi connectivity index (χ2n) is 6.77. The summed E-state index contributed by atoms with van der Waals surface area (Å²) < 4.78 is 93.2. The van der Waals surface area contributed by atoms with E-state index < -0.39 is 52.5 Å². The van der Waals surface area contributed by atoms with Crippen molar-refractivity contribution in [2.75, 3.05) is 0 Å². The van der Waals surface area contributed by atoms with E-state index in [1.54, 1.807) is 12.1 Å². The van der Waals surface area contributed by atoms with Crippen LogP contribution in [0.3, 0.4) is 0 Å². The first kappa shape index (κ1) is 21.6. The standard InChI is InChI=1S/C22H14F6O2S/c23-14-6-12-8-29-22(11-4-2-1-3-5-11)30-21(12)13(7-14)9-31-10-15-16(24)18(26)20(28)19(27)17(15)25/h1-7,22H,8-10H2/t22-/m1/s1. The second-order valence-corrected chi connectivity index (χ2v) is 7.75. The third-order valence-electron chi connectivity index (χ3n) is 4.70. The highest BCUT2D eigenvalue weighted by Gasteiger charge is 2.27. The number of hydrogen-bond donors (Lipinski definition) is 0. The first-order valence-corrected chi connectivity index (χ1v) is 10.2. The molecule has 0 saturated carbocycles. The minimum absolute atomic E-state index is 0.0150. The number of ether oxygens (including phenoxy) is 2. The number of hydrogen-bond acceptors (Lipinski definition) is 3. The summed E-state index contributed by atoms with van der Waals surface area (Å²) in [7, 11) is 0. The molecule has 1 aliphatic heterocycles. The highest BCUT2D eigenvalue weighted by molar-refractivity contribution is 7.97. The van der Waals surface area contributed by atoms with Gasteiger partial charge in [0, 0.05) is 33.8 Å². The summed E-state index contributed by atoms with van der Waals surface area (Å²) in [5, 5.41) is 0. The minimum Gasteiger partial charge on any atom is -0.460 e. The van der Waals surface area contributed by atoms with Gasteiger partial charge in [0.15, 0.2) is 23.3 Å². The summed E-state index contributed by atoms with van der Waals surface area (Å²) in [6.45, 7) is 0.0853. The zero-order chi connectivity index (χ0) is 22.1. The van der Waals surface area contributed by atoms with Crippen molar-refractivity contribution in [3.63, 3.8) is 0 Å². The molecule has 0 N–H and O–H groups in total. The van der Waals surface area contributed by atoms with E-state index in [1.807, 2.05) is 18.2 Å². The SMILES string of the molecule is Fc1cc2c(c(CSCc3c(F)c(F)c(F)c(F)c3F)c1)O[C@H](c1ccccc1)OC2. The van der Waals surface area contributed by atoms with Crippen LogP contribution in [-0.2, 0) is 22.8 Å². The fraction of sp³-hybridized carbons (Fsp3) is 0.182. The molecular formula is C22H14F6O2S. The maximum Gasteiger partial charge on any atom is 0.227 e. The quantitative estimate of drug-likeness (QED) is 0.246. The van der Waals surface area contributed by atoms with Gasteiger partial charge in [-0.05, 0) is 12.1 Å². The molecule has 1 heterocycles. The highest BCUT2D eigenvalue weighted by Crippen LogP contribution is 2.38. The summed E-state index contributed by atoms with van der Waals surface area (Å²) in [4.78, 5) is 0. The van der Waals surface area contributed by atoms with E-state index in [1.165, 1.54) is 12.1 Å². The van der Waals surface area contributed by atoms with Gasteiger partial charge < -0.3 is 9.47 Å². The predicted molar refractivity (Wildman–Crippen MR) is 102 cm³/mol. The Morgan fingerprint density at radius 3 is 2.13 bits per heavy atom. The molecule has 0 unspecified atom stereocenters. The molecule has 0 saturated heterocycles. The van der Waals surface area contributed by atoms with Crippen LogP contribution in [-0.4, -0.2) is 0 Å². The Morgan fingerprint density at radius 1 is 0.806 bits per heavy atom. The Labute approximate surface area is 177 Å². The summed E-state index contributed by atoms with van der Waals surface area (Å²) in [5.41, 5.74) is 0.655. The average Bonchev–Trinajstić information content (AvgIpc) is 2.78. The molecule has 3 aromatic rings. The fourth-order valence-electron chi connectivity index (χ4n) is 3.20. The van der Waals surface area contributed by atoms with E-state index in [9.17, 15) is 26.3 Å². The van der Waals surface area contributed by atoms with E-state index in [-0.39, 0.29) is 12.4 Å². The van der Waals surface area contributed by atoms with Crippen LogP contribution in [0.1, 0.15) is 28.5 Å². The molecule has 4 rings (SSSR count). The molecule has 9 heteroatoms. The zero-order valence-corrected chi connectivity index (χ0v) is 16.5. The van der Waals surface area contributed by atoms with Gasteiger partial charge >= 0.3 is 0 Å². The summed E-state index contributed by atoms with van der Waals surface area (Å²) >= 11 is 0.866. The van der Waals surface area contributed by atoms with Crippen molar-refractivity contribution in [2.24, 2.45) is 0 Å². The summed E-state index contributed by atoms with van der Waals surface area (Å²) in [5.74, 6) is -10.6. The van der Waals surface area contributed by atoms with Gasteiger partial charge in [0.25, 0.3) is 0 Å². The molecule has 0 spiro atoms. The van der Waals surface area contributed by atoms with Crippen LogP contribution < -0.4 is 4.74 Å². The number of fused-ring (bicyclic) bond motifs is 1. The lowest BCUT2D eigenvalue weighted by molar-refractivity contribution is -0.112. The van der Waals surface area contributed by atoms with Crippen molar-refractivity contribution in [1.29, 1.82) is 0 Å².